The van der Waals surface area contributed by atoms with Crippen LogP contribution in [0.4, 0.5) is 0 Å². The van der Waals surface area contributed by atoms with E-state index in [1.54, 1.807) is 0 Å². The molecule has 72 valence electrons. The molecule has 0 saturated carbocycles. The van der Waals surface area contributed by atoms with Gasteiger partial charge in [0.25, 0.3) is 0 Å². The predicted octanol–water partition coefficient (Wildman–Crippen LogP) is 4.31. The fourth-order valence-electron chi connectivity index (χ4n) is 1.58. The summed E-state index contributed by atoms with van der Waals surface area (Å²) in [7, 11) is 0. The summed E-state index contributed by atoms with van der Waals surface area (Å²) in [5, 5.41) is 0. The third-order valence-corrected chi connectivity index (χ3v) is 2.36. The summed E-state index contributed by atoms with van der Waals surface area (Å²) in [6.45, 7) is 11.8. The van der Waals surface area contributed by atoms with Crippen LogP contribution < -0.4 is 0 Å². The van der Waals surface area contributed by atoms with Gasteiger partial charge in [0, 0.05) is 0 Å². The van der Waals surface area contributed by atoms with Gasteiger partial charge in [-0.1, -0.05) is 49.6 Å². The normalized spacial score (nSPS) is 10.4. The van der Waals surface area contributed by atoms with Crippen LogP contribution in [0.25, 0.3) is 18.2 Å². The maximum atomic E-state index is 3.83. The maximum Gasteiger partial charge on any atom is -0.0155 e. The first-order valence-electron chi connectivity index (χ1n) is 4.75. The van der Waals surface area contributed by atoms with Gasteiger partial charge >= 0.3 is 0 Å². The van der Waals surface area contributed by atoms with E-state index in [9.17, 15) is 0 Å². The second kappa shape index (κ2) is 4.61. The highest BCUT2D eigenvalue weighted by molar-refractivity contribution is 5.71. The first kappa shape index (κ1) is 10.5. The molecule has 0 amide bonds. The monoisotopic (exact) mass is 184 g/mol. The summed E-state index contributed by atoms with van der Waals surface area (Å²) in [6, 6.07) is 4.19. The lowest BCUT2D eigenvalue weighted by atomic mass is 9.96. The molecule has 0 spiro atoms. The molecule has 0 aromatic heterocycles. The summed E-state index contributed by atoms with van der Waals surface area (Å²) in [4.78, 5) is 0. The maximum absolute atomic E-state index is 3.83. The highest BCUT2D eigenvalue weighted by Crippen LogP contribution is 2.21. The lowest BCUT2D eigenvalue weighted by molar-refractivity contribution is 1.40. The summed E-state index contributed by atoms with van der Waals surface area (Å²) in [5.41, 5.74) is 4.82. The van der Waals surface area contributed by atoms with Crippen molar-refractivity contribution in [3.05, 3.63) is 53.6 Å². The minimum absolute atomic E-state index is 1.14. The van der Waals surface area contributed by atoms with Crippen molar-refractivity contribution >= 4 is 18.2 Å². The highest BCUT2D eigenvalue weighted by atomic mass is 14.1. The number of hydrogen-bond acceptors (Lipinski definition) is 0. The van der Waals surface area contributed by atoms with Gasteiger partial charge < -0.3 is 0 Å². The Labute approximate surface area is 86.3 Å². The largest absolute Gasteiger partial charge is 0.0984 e. The van der Waals surface area contributed by atoms with Crippen LogP contribution in [0, 0.1) is 6.92 Å². The molecule has 1 aromatic carbocycles. The average molecular weight is 184 g/mol. The molecule has 0 aliphatic rings. The van der Waals surface area contributed by atoms with Gasteiger partial charge in [-0.3, -0.25) is 0 Å². The molecule has 0 fully saturated rings. The van der Waals surface area contributed by atoms with Gasteiger partial charge in [-0.25, -0.2) is 0 Å². The van der Waals surface area contributed by atoms with Crippen LogP contribution in [0.2, 0.25) is 0 Å². The van der Waals surface area contributed by atoms with E-state index in [0.717, 1.165) is 5.56 Å². The van der Waals surface area contributed by atoms with Crippen LogP contribution in [0.15, 0.2) is 31.4 Å². The Kier molecular flexibility index (Phi) is 3.47. The Balaban J connectivity index is 3.41. The smallest absolute Gasteiger partial charge is 0.0155 e. The number of hydrogen-bond donors (Lipinski definition) is 0. The molecule has 1 aromatic rings. The fourth-order valence-corrected chi connectivity index (χ4v) is 1.58. The molecule has 0 nitrogen and oxygen atoms in total. The zero-order chi connectivity index (χ0) is 10.6. The lowest BCUT2D eigenvalue weighted by Crippen LogP contribution is -1.89. The van der Waals surface area contributed by atoms with Crippen molar-refractivity contribution in [2.24, 2.45) is 0 Å². The molecular formula is C14H16. The number of benzene rings is 1. The highest BCUT2D eigenvalue weighted by Gasteiger charge is 2.02. The minimum Gasteiger partial charge on any atom is -0.0984 e. The third-order valence-electron chi connectivity index (χ3n) is 2.36. The van der Waals surface area contributed by atoms with E-state index in [2.05, 4.69) is 38.3 Å². The molecule has 0 saturated heterocycles. The van der Waals surface area contributed by atoms with Crippen molar-refractivity contribution in [3.8, 4) is 0 Å². The van der Waals surface area contributed by atoms with Crippen LogP contribution in [0.3, 0.4) is 0 Å². The quantitative estimate of drug-likeness (QED) is 0.656. The molecule has 0 bridgehead atoms. The molecule has 0 heterocycles. The zero-order valence-electron chi connectivity index (χ0n) is 8.88. The van der Waals surface area contributed by atoms with E-state index in [1.807, 2.05) is 25.2 Å². The molecule has 14 heavy (non-hydrogen) atoms. The second-order valence-electron chi connectivity index (χ2n) is 3.19. The van der Waals surface area contributed by atoms with Crippen molar-refractivity contribution in [1.82, 2.24) is 0 Å². The van der Waals surface area contributed by atoms with E-state index in [1.165, 1.54) is 16.7 Å². The Hall–Kier alpha value is -1.56. The van der Waals surface area contributed by atoms with Crippen LogP contribution in [0.5, 0.6) is 0 Å². The minimum atomic E-state index is 1.14. The molecule has 0 aliphatic carbocycles. The first-order chi connectivity index (χ1) is 6.74. The summed E-state index contributed by atoms with van der Waals surface area (Å²) < 4.78 is 0. The topological polar surface area (TPSA) is 0 Å². The van der Waals surface area contributed by atoms with Crippen LogP contribution in [-0.4, -0.2) is 0 Å². The van der Waals surface area contributed by atoms with Crippen molar-refractivity contribution in [2.45, 2.75) is 13.8 Å². The van der Waals surface area contributed by atoms with Crippen LogP contribution in [-0.2, 0) is 0 Å². The summed E-state index contributed by atoms with van der Waals surface area (Å²) in [5.74, 6) is 0. The molecular weight excluding hydrogens is 168 g/mol. The van der Waals surface area contributed by atoms with Crippen molar-refractivity contribution < 1.29 is 0 Å². The van der Waals surface area contributed by atoms with Gasteiger partial charge in [-0.15, -0.1) is 0 Å². The van der Waals surface area contributed by atoms with E-state index >= 15 is 0 Å². The van der Waals surface area contributed by atoms with Gasteiger partial charge in [0.2, 0.25) is 0 Å². The van der Waals surface area contributed by atoms with Gasteiger partial charge in [0.1, 0.15) is 0 Å². The fraction of sp³-hybridized carbons (Fsp3) is 0.143. The van der Waals surface area contributed by atoms with E-state index < -0.39 is 0 Å². The Morgan fingerprint density at radius 2 is 1.71 bits per heavy atom. The zero-order valence-corrected chi connectivity index (χ0v) is 8.88. The third kappa shape index (κ3) is 1.85. The van der Waals surface area contributed by atoms with Crippen LogP contribution in [0.1, 0.15) is 29.2 Å². The Morgan fingerprint density at radius 3 is 2.21 bits per heavy atom. The van der Waals surface area contributed by atoms with E-state index in [4.69, 9.17) is 0 Å². The Morgan fingerprint density at radius 1 is 1.07 bits per heavy atom. The first-order valence-corrected chi connectivity index (χ1v) is 4.75. The van der Waals surface area contributed by atoms with Crippen molar-refractivity contribution in [1.29, 1.82) is 0 Å². The molecule has 0 atom stereocenters. The second-order valence-corrected chi connectivity index (χ2v) is 3.19. The number of rotatable bonds is 3. The van der Waals surface area contributed by atoms with E-state index in [-0.39, 0.29) is 0 Å². The summed E-state index contributed by atoms with van der Waals surface area (Å²) in [6.07, 6.45) is 7.90. The molecule has 0 unspecified atom stereocenters. The lowest BCUT2D eigenvalue weighted by Gasteiger charge is -2.08. The van der Waals surface area contributed by atoms with Gasteiger partial charge in [0.15, 0.2) is 0 Å². The van der Waals surface area contributed by atoms with Crippen molar-refractivity contribution in [3.63, 3.8) is 0 Å². The molecule has 0 heteroatoms. The Bertz CT molecular complexity index is 381. The van der Waals surface area contributed by atoms with Gasteiger partial charge in [-0.2, -0.15) is 0 Å². The van der Waals surface area contributed by atoms with Crippen LogP contribution >= 0.6 is 0 Å². The average Bonchev–Trinajstić information content (AvgIpc) is 2.21. The van der Waals surface area contributed by atoms with E-state index in [0.29, 0.717) is 0 Å². The molecule has 1 rings (SSSR count). The SMILES string of the molecule is C=Cc1ccc(/C=C\C)c(C)c1C=C. The van der Waals surface area contributed by atoms with Crippen molar-refractivity contribution in [2.75, 3.05) is 0 Å². The molecule has 0 N–H and O–H groups in total. The molecule has 0 aliphatic heterocycles. The summed E-state index contributed by atoms with van der Waals surface area (Å²) >= 11 is 0. The molecule has 0 radical (unpaired) electrons. The number of allylic oxidation sites excluding steroid dienone is 1. The predicted molar refractivity (Wildman–Crippen MR) is 66.1 cm³/mol. The van der Waals surface area contributed by atoms with Gasteiger partial charge in [0.05, 0.1) is 0 Å². The standard InChI is InChI=1S/C14H16/c1-5-8-13-10-9-12(6-2)14(7-3)11(13)4/h5-10H,2-3H2,1,4H3/b8-5-. The van der Waals surface area contributed by atoms with Gasteiger partial charge in [-0.05, 0) is 36.1 Å².